The van der Waals surface area contributed by atoms with Crippen molar-refractivity contribution in [2.75, 3.05) is 0 Å². The van der Waals surface area contributed by atoms with Gasteiger partial charge in [-0.3, -0.25) is 0 Å². The molecule has 0 aromatic rings. The van der Waals surface area contributed by atoms with Gasteiger partial charge in [-0.2, -0.15) is 0 Å². The Hall–Kier alpha value is -1.58. The highest BCUT2D eigenvalue weighted by Crippen LogP contribution is 2.17. The number of aliphatic carboxylic acids is 2. The average Bonchev–Trinajstić information content (AvgIpc) is 2.01. The van der Waals surface area contributed by atoms with Crippen molar-refractivity contribution >= 4 is 11.9 Å². The summed E-state index contributed by atoms with van der Waals surface area (Å²) in [7, 11) is 0. The molecule has 0 heterocycles. The second-order valence-corrected chi connectivity index (χ2v) is 3.15. The molecule has 0 fully saturated rings. The molecule has 0 amide bonds. The van der Waals surface area contributed by atoms with Crippen LogP contribution in [0.15, 0.2) is 23.3 Å². The third-order valence-corrected chi connectivity index (χ3v) is 2.16. The molecule has 0 saturated carbocycles. The number of allylic oxidation sites excluding steroid dienone is 2. The predicted octanol–water partition coefficient (Wildman–Crippen LogP) is 1.58. The Labute approximate surface area is 81.6 Å². The molecule has 76 valence electrons. The van der Waals surface area contributed by atoms with Gasteiger partial charge in [0.05, 0.1) is 0 Å². The number of hydrogen-bond donors (Lipinski definition) is 2. The van der Waals surface area contributed by atoms with Crippen molar-refractivity contribution in [1.29, 1.82) is 0 Å². The Morgan fingerprint density at radius 2 is 1.29 bits per heavy atom. The van der Waals surface area contributed by atoms with E-state index in [0.29, 0.717) is 36.8 Å². The zero-order valence-corrected chi connectivity index (χ0v) is 7.69. The molecule has 1 aliphatic rings. The molecule has 0 bridgehead atoms. The maximum Gasteiger partial charge on any atom is 0.331 e. The zero-order chi connectivity index (χ0) is 10.6. The molecule has 0 radical (unpaired) electrons. The van der Waals surface area contributed by atoms with E-state index in [2.05, 4.69) is 0 Å². The number of carboxylic acids is 2. The summed E-state index contributed by atoms with van der Waals surface area (Å²) in [6.07, 6.45) is 5.01. The second-order valence-electron chi connectivity index (χ2n) is 3.15. The molecule has 0 aromatic heterocycles. The van der Waals surface area contributed by atoms with Crippen LogP contribution in [-0.2, 0) is 9.59 Å². The zero-order valence-electron chi connectivity index (χ0n) is 7.69. The number of carbonyl (C=O) groups is 2. The molecule has 1 rings (SSSR count). The lowest BCUT2D eigenvalue weighted by Crippen LogP contribution is -2.05. The molecular formula is C10H12O4. The first-order valence-corrected chi connectivity index (χ1v) is 4.46. The smallest absolute Gasteiger partial charge is 0.331 e. The van der Waals surface area contributed by atoms with Crippen LogP contribution in [0.4, 0.5) is 0 Å². The number of hydrogen-bond acceptors (Lipinski definition) is 2. The van der Waals surface area contributed by atoms with E-state index in [-0.39, 0.29) is 0 Å². The lowest BCUT2D eigenvalue weighted by Gasteiger charge is -2.06. The lowest BCUT2D eigenvalue weighted by molar-refractivity contribution is -0.133. The Morgan fingerprint density at radius 1 is 0.929 bits per heavy atom. The highest BCUT2D eigenvalue weighted by Gasteiger charge is 2.12. The lowest BCUT2D eigenvalue weighted by atomic mass is 10.00. The quantitative estimate of drug-likeness (QED) is 0.703. The topological polar surface area (TPSA) is 74.6 Å². The fraction of sp³-hybridized carbons (Fsp3) is 0.400. The number of rotatable bonds is 2. The van der Waals surface area contributed by atoms with Gasteiger partial charge in [0, 0.05) is 11.1 Å². The summed E-state index contributed by atoms with van der Waals surface area (Å²) in [5, 5.41) is 17.4. The highest BCUT2D eigenvalue weighted by atomic mass is 16.4. The molecule has 0 spiro atoms. The van der Waals surface area contributed by atoms with E-state index in [1.165, 1.54) is 0 Å². The normalized spacial score (nSPS) is 17.4. The van der Waals surface area contributed by atoms with E-state index in [1.807, 2.05) is 0 Å². The predicted molar refractivity (Wildman–Crippen MR) is 49.9 cm³/mol. The van der Waals surface area contributed by atoms with E-state index in [4.69, 9.17) is 10.2 Å². The van der Waals surface area contributed by atoms with Crippen LogP contribution in [0.2, 0.25) is 0 Å². The third-order valence-electron chi connectivity index (χ3n) is 2.16. The van der Waals surface area contributed by atoms with Crippen molar-refractivity contribution in [3.05, 3.63) is 23.3 Å². The maximum absolute atomic E-state index is 10.6. The van der Waals surface area contributed by atoms with Crippen molar-refractivity contribution in [2.24, 2.45) is 0 Å². The Morgan fingerprint density at radius 3 is 1.57 bits per heavy atom. The van der Waals surface area contributed by atoms with Gasteiger partial charge in [0.15, 0.2) is 0 Å². The minimum atomic E-state index is -0.905. The van der Waals surface area contributed by atoms with Gasteiger partial charge in [0.1, 0.15) is 0 Å². The van der Waals surface area contributed by atoms with Crippen molar-refractivity contribution in [3.63, 3.8) is 0 Å². The molecule has 0 aliphatic heterocycles. The van der Waals surface area contributed by atoms with Crippen molar-refractivity contribution in [3.8, 4) is 0 Å². The van der Waals surface area contributed by atoms with Crippen LogP contribution in [0.25, 0.3) is 0 Å². The maximum atomic E-state index is 10.6. The third kappa shape index (κ3) is 2.73. The van der Waals surface area contributed by atoms with Crippen molar-refractivity contribution in [1.82, 2.24) is 0 Å². The van der Waals surface area contributed by atoms with Crippen molar-refractivity contribution < 1.29 is 19.8 Å². The fourth-order valence-electron chi connectivity index (χ4n) is 1.40. The standard InChI is InChI=1S/C10H12O4/c11-9(12)7-3-1-4-8(10(13)14)6-2-5-7/h3,6H,1-2,4-5H2,(H,11,12)(H,13,14). The Bertz CT molecular complexity index is 280. The first-order valence-electron chi connectivity index (χ1n) is 4.46. The average molecular weight is 196 g/mol. The van der Waals surface area contributed by atoms with Crippen LogP contribution >= 0.6 is 0 Å². The first kappa shape index (κ1) is 10.5. The minimum Gasteiger partial charge on any atom is -0.478 e. The van der Waals surface area contributed by atoms with Crippen LogP contribution in [0.3, 0.4) is 0 Å². The van der Waals surface area contributed by atoms with Crippen molar-refractivity contribution in [2.45, 2.75) is 25.7 Å². The largest absolute Gasteiger partial charge is 0.478 e. The van der Waals surface area contributed by atoms with Crippen LogP contribution in [0.1, 0.15) is 25.7 Å². The van der Waals surface area contributed by atoms with Gasteiger partial charge >= 0.3 is 11.9 Å². The Balaban J connectivity index is 2.66. The van der Waals surface area contributed by atoms with E-state index in [0.717, 1.165) is 0 Å². The van der Waals surface area contributed by atoms with Crippen LogP contribution in [-0.4, -0.2) is 22.2 Å². The molecule has 0 atom stereocenters. The van der Waals surface area contributed by atoms with Gasteiger partial charge in [-0.25, -0.2) is 9.59 Å². The van der Waals surface area contributed by atoms with Crippen LogP contribution < -0.4 is 0 Å². The summed E-state index contributed by atoms with van der Waals surface area (Å²) in [6, 6.07) is 0. The molecule has 1 aliphatic carbocycles. The van der Waals surface area contributed by atoms with Gasteiger partial charge in [0.25, 0.3) is 0 Å². The van der Waals surface area contributed by atoms with Gasteiger partial charge in [-0.05, 0) is 25.7 Å². The van der Waals surface area contributed by atoms with Gasteiger partial charge in [-0.1, -0.05) is 12.2 Å². The molecule has 2 N–H and O–H groups in total. The summed E-state index contributed by atoms with van der Waals surface area (Å²) in [5.41, 5.74) is 0.761. The van der Waals surface area contributed by atoms with Gasteiger partial charge < -0.3 is 10.2 Å². The number of carboxylic acid groups (broad SMARTS) is 2. The van der Waals surface area contributed by atoms with Crippen LogP contribution in [0, 0.1) is 0 Å². The minimum absolute atomic E-state index is 0.380. The summed E-state index contributed by atoms with van der Waals surface area (Å²) in [4.78, 5) is 21.3. The Kier molecular flexibility index (Phi) is 3.45. The van der Waals surface area contributed by atoms with Crippen LogP contribution in [0.5, 0.6) is 0 Å². The monoisotopic (exact) mass is 196 g/mol. The molecule has 0 unspecified atom stereocenters. The van der Waals surface area contributed by atoms with E-state index in [1.54, 1.807) is 12.2 Å². The molecule has 14 heavy (non-hydrogen) atoms. The summed E-state index contributed by atoms with van der Waals surface area (Å²) >= 11 is 0. The summed E-state index contributed by atoms with van der Waals surface area (Å²) in [6.45, 7) is 0. The van der Waals surface area contributed by atoms with E-state index >= 15 is 0 Å². The van der Waals surface area contributed by atoms with E-state index < -0.39 is 11.9 Å². The molecule has 4 heteroatoms. The second kappa shape index (κ2) is 4.60. The molecule has 0 aromatic carbocycles. The molecular weight excluding hydrogens is 184 g/mol. The fourth-order valence-corrected chi connectivity index (χ4v) is 1.40. The molecule has 0 saturated heterocycles. The first-order chi connectivity index (χ1) is 6.61. The summed E-state index contributed by atoms with van der Waals surface area (Å²) < 4.78 is 0. The highest BCUT2D eigenvalue weighted by molar-refractivity contribution is 5.88. The molecule has 4 nitrogen and oxygen atoms in total. The summed E-state index contributed by atoms with van der Waals surface area (Å²) in [5.74, 6) is -1.81. The van der Waals surface area contributed by atoms with Gasteiger partial charge in [0.2, 0.25) is 0 Å². The van der Waals surface area contributed by atoms with Gasteiger partial charge in [-0.15, -0.1) is 0 Å². The SMILES string of the molecule is O=C(O)C1=CCCC(C(=O)O)=CCC1. The van der Waals surface area contributed by atoms with E-state index in [9.17, 15) is 9.59 Å².